The minimum Gasteiger partial charge on any atom is -0.481 e. The fourth-order valence-corrected chi connectivity index (χ4v) is 3.80. The molecule has 1 aliphatic heterocycles. The van der Waals surface area contributed by atoms with Crippen molar-refractivity contribution in [2.75, 3.05) is 18.4 Å². The average molecular weight is 429 g/mol. The minimum absolute atomic E-state index is 0.0367. The summed E-state index contributed by atoms with van der Waals surface area (Å²) in [6.07, 6.45) is 3.61. The van der Waals surface area contributed by atoms with Gasteiger partial charge in [-0.2, -0.15) is 0 Å². The van der Waals surface area contributed by atoms with Crippen LogP contribution in [-0.4, -0.2) is 35.9 Å². The number of anilines is 1. The molecule has 0 aromatic heterocycles. The molecule has 2 amide bonds. The average Bonchev–Trinajstić information content (AvgIpc) is 3.01. The number of carbonyl (C=O) groups is 2. The molecule has 6 heteroatoms. The van der Waals surface area contributed by atoms with Gasteiger partial charge in [0.1, 0.15) is 5.75 Å². The molecule has 30 heavy (non-hydrogen) atoms. The summed E-state index contributed by atoms with van der Waals surface area (Å²) in [6.45, 7) is 7.01. The Morgan fingerprint density at radius 1 is 1.03 bits per heavy atom. The summed E-state index contributed by atoms with van der Waals surface area (Å²) in [5.74, 6) is 0.243. The Morgan fingerprint density at radius 2 is 1.63 bits per heavy atom. The van der Waals surface area contributed by atoms with E-state index in [4.69, 9.17) is 16.3 Å². The Labute approximate surface area is 183 Å². The van der Waals surface area contributed by atoms with Crippen molar-refractivity contribution >= 4 is 29.1 Å². The molecule has 1 N–H and O–H groups in total. The van der Waals surface area contributed by atoms with Crippen molar-refractivity contribution in [3.63, 3.8) is 0 Å². The van der Waals surface area contributed by atoms with Crippen LogP contribution in [0.25, 0.3) is 0 Å². The zero-order valence-electron chi connectivity index (χ0n) is 17.8. The maximum atomic E-state index is 13.1. The number of halogens is 1. The van der Waals surface area contributed by atoms with Crippen molar-refractivity contribution in [2.45, 2.75) is 52.6 Å². The lowest BCUT2D eigenvalue weighted by Crippen LogP contribution is -2.34. The van der Waals surface area contributed by atoms with E-state index < -0.39 is 6.10 Å². The molecule has 0 unspecified atom stereocenters. The summed E-state index contributed by atoms with van der Waals surface area (Å²) in [4.78, 5) is 27.7. The van der Waals surface area contributed by atoms with Crippen molar-refractivity contribution in [1.29, 1.82) is 0 Å². The summed E-state index contributed by atoms with van der Waals surface area (Å²) < 4.78 is 5.83. The maximum absolute atomic E-state index is 13.1. The van der Waals surface area contributed by atoms with Crippen LogP contribution in [0.3, 0.4) is 0 Å². The lowest BCUT2D eigenvalue weighted by molar-refractivity contribution is -0.122. The van der Waals surface area contributed by atoms with Crippen molar-refractivity contribution in [1.82, 2.24) is 4.90 Å². The normalized spacial score (nSPS) is 15.3. The van der Waals surface area contributed by atoms with E-state index in [-0.39, 0.29) is 11.8 Å². The molecule has 3 rings (SSSR count). The van der Waals surface area contributed by atoms with Crippen LogP contribution < -0.4 is 10.1 Å². The molecule has 0 saturated carbocycles. The smallest absolute Gasteiger partial charge is 0.265 e. The second kappa shape index (κ2) is 9.98. The van der Waals surface area contributed by atoms with Gasteiger partial charge in [0.25, 0.3) is 11.8 Å². The highest BCUT2D eigenvalue weighted by Crippen LogP contribution is 2.27. The van der Waals surface area contributed by atoms with E-state index >= 15 is 0 Å². The Morgan fingerprint density at radius 3 is 2.27 bits per heavy atom. The number of likely N-dealkylation sites (tertiary alicyclic amines) is 1. The molecule has 0 aliphatic carbocycles. The minimum atomic E-state index is -0.730. The third-order valence-corrected chi connectivity index (χ3v) is 6.00. The molecule has 2 aromatic rings. The zero-order chi connectivity index (χ0) is 21.7. The van der Waals surface area contributed by atoms with Crippen LogP contribution in [0.5, 0.6) is 5.75 Å². The Bertz CT molecular complexity index is 897. The maximum Gasteiger partial charge on any atom is 0.265 e. The topological polar surface area (TPSA) is 58.6 Å². The summed E-state index contributed by atoms with van der Waals surface area (Å²) in [5.41, 5.74) is 2.81. The molecule has 160 valence electrons. The number of hydrogen-bond acceptors (Lipinski definition) is 3. The number of benzene rings is 2. The first kappa shape index (κ1) is 22.2. The van der Waals surface area contributed by atoms with E-state index in [0.29, 0.717) is 22.0 Å². The fourth-order valence-electron chi connectivity index (χ4n) is 3.69. The number of rotatable bonds is 5. The monoisotopic (exact) mass is 428 g/mol. The number of aryl methyl sites for hydroxylation is 2. The molecule has 1 saturated heterocycles. The molecule has 5 nitrogen and oxygen atoms in total. The Kier molecular flexibility index (Phi) is 7.38. The van der Waals surface area contributed by atoms with Gasteiger partial charge in [-0.25, -0.2) is 0 Å². The predicted octanol–water partition coefficient (Wildman–Crippen LogP) is 5.38. The molecule has 0 spiro atoms. The van der Waals surface area contributed by atoms with Crippen LogP contribution in [-0.2, 0) is 4.79 Å². The van der Waals surface area contributed by atoms with Gasteiger partial charge in [0.05, 0.1) is 11.3 Å². The van der Waals surface area contributed by atoms with Crippen LogP contribution in [0.4, 0.5) is 5.69 Å². The summed E-state index contributed by atoms with van der Waals surface area (Å²) in [6, 6.07) is 10.8. The second-order valence-corrected chi connectivity index (χ2v) is 8.25. The van der Waals surface area contributed by atoms with Gasteiger partial charge in [-0.15, -0.1) is 0 Å². The van der Waals surface area contributed by atoms with Gasteiger partial charge in [-0.05, 0) is 69.0 Å². The quantitative estimate of drug-likeness (QED) is 0.695. The van der Waals surface area contributed by atoms with Crippen molar-refractivity contribution in [3.8, 4) is 5.75 Å². The number of carbonyl (C=O) groups excluding carboxylic acids is 2. The molecule has 0 radical (unpaired) electrons. The highest BCUT2D eigenvalue weighted by Gasteiger charge is 2.22. The fraction of sp³-hybridized carbons (Fsp3) is 0.417. The third-order valence-electron chi connectivity index (χ3n) is 5.40. The highest BCUT2D eigenvalue weighted by molar-refractivity contribution is 6.32. The number of amides is 2. The van der Waals surface area contributed by atoms with E-state index in [2.05, 4.69) is 5.32 Å². The van der Waals surface area contributed by atoms with E-state index in [1.807, 2.05) is 43.0 Å². The van der Waals surface area contributed by atoms with Gasteiger partial charge in [0, 0.05) is 18.1 Å². The summed E-state index contributed by atoms with van der Waals surface area (Å²) >= 11 is 6.21. The van der Waals surface area contributed by atoms with Crippen LogP contribution in [0.1, 0.15) is 54.1 Å². The molecule has 1 fully saturated rings. The lowest BCUT2D eigenvalue weighted by Gasteiger charge is -2.22. The van der Waals surface area contributed by atoms with Gasteiger partial charge in [0.15, 0.2) is 6.10 Å². The largest absolute Gasteiger partial charge is 0.481 e. The lowest BCUT2D eigenvalue weighted by atomic mass is 10.1. The molecule has 1 atom stereocenters. The molecular formula is C24H29ClN2O3. The van der Waals surface area contributed by atoms with Crippen LogP contribution in [0.2, 0.25) is 5.02 Å². The number of hydrogen-bond donors (Lipinski definition) is 1. The zero-order valence-corrected chi connectivity index (χ0v) is 18.6. The van der Waals surface area contributed by atoms with Gasteiger partial charge in [-0.1, -0.05) is 36.6 Å². The highest BCUT2D eigenvalue weighted by atomic mass is 35.5. The van der Waals surface area contributed by atoms with Crippen LogP contribution in [0.15, 0.2) is 36.4 Å². The van der Waals surface area contributed by atoms with E-state index in [1.165, 1.54) is 0 Å². The van der Waals surface area contributed by atoms with Crippen molar-refractivity contribution in [2.24, 2.45) is 0 Å². The SMILES string of the molecule is Cc1cc(O[C@H](C)C(=O)Nc2ccccc2C(=O)N2CCCCCC2)cc(C)c1Cl. The third kappa shape index (κ3) is 5.33. The predicted molar refractivity (Wildman–Crippen MR) is 120 cm³/mol. The standard InChI is InChI=1S/C24H29ClN2O3/c1-16-14-19(15-17(2)22(16)25)30-18(3)23(28)26-21-11-7-6-10-20(21)24(29)27-12-8-4-5-9-13-27/h6-7,10-11,14-15,18H,4-5,8-9,12-13H2,1-3H3,(H,26,28)/t18-/m1/s1. The Balaban J connectivity index is 1.71. The first-order valence-electron chi connectivity index (χ1n) is 10.5. The van der Waals surface area contributed by atoms with Crippen LogP contribution >= 0.6 is 11.6 Å². The number of ether oxygens (including phenoxy) is 1. The van der Waals surface area contributed by atoms with Gasteiger partial charge in [0.2, 0.25) is 0 Å². The molecule has 2 aromatic carbocycles. The first-order chi connectivity index (χ1) is 14.4. The van der Waals surface area contributed by atoms with Gasteiger partial charge < -0.3 is 15.0 Å². The van der Waals surface area contributed by atoms with Gasteiger partial charge >= 0.3 is 0 Å². The summed E-state index contributed by atoms with van der Waals surface area (Å²) in [7, 11) is 0. The first-order valence-corrected chi connectivity index (χ1v) is 10.9. The molecule has 1 heterocycles. The van der Waals surface area contributed by atoms with E-state index in [1.54, 1.807) is 19.1 Å². The van der Waals surface area contributed by atoms with Crippen molar-refractivity contribution < 1.29 is 14.3 Å². The molecule has 0 bridgehead atoms. The van der Waals surface area contributed by atoms with Crippen LogP contribution in [0, 0.1) is 13.8 Å². The number of nitrogens with one attached hydrogen (secondary N) is 1. The van der Waals surface area contributed by atoms with E-state index in [9.17, 15) is 9.59 Å². The summed E-state index contributed by atoms with van der Waals surface area (Å²) in [5, 5.41) is 3.56. The van der Waals surface area contributed by atoms with Crippen molar-refractivity contribution in [3.05, 3.63) is 58.1 Å². The number of nitrogens with zero attached hydrogens (tertiary/aromatic N) is 1. The van der Waals surface area contributed by atoms with E-state index in [0.717, 1.165) is 49.9 Å². The second-order valence-electron chi connectivity index (χ2n) is 7.87. The molecule has 1 aliphatic rings. The number of para-hydroxylation sites is 1. The van der Waals surface area contributed by atoms with Gasteiger partial charge in [-0.3, -0.25) is 9.59 Å². The Hall–Kier alpha value is -2.53. The molecular weight excluding hydrogens is 400 g/mol.